The third-order valence-electron chi connectivity index (χ3n) is 4.24. The largest absolute Gasteiger partial charge is 0.497 e. The van der Waals surface area contributed by atoms with E-state index in [0.717, 1.165) is 28.0 Å². The average molecular weight is 346 g/mol. The summed E-state index contributed by atoms with van der Waals surface area (Å²) in [6.07, 6.45) is 0. The molecule has 0 heterocycles. The summed E-state index contributed by atoms with van der Waals surface area (Å²) in [4.78, 5) is 0. The number of fused-ring (bicyclic) bond motifs is 2. The van der Waals surface area contributed by atoms with E-state index in [0.29, 0.717) is 0 Å². The zero-order valence-electron chi connectivity index (χ0n) is 15.2. The predicted molar refractivity (Wildman–Crippen MR) is 108 cm³/mol. The molecule has 4 rings (SSSR count). The second kappa shape index (κ2) is 8.26. The minimum atomic E-state index is 0.876. The molecule has 0 fully saturated rings. The van der Waals surface area contributed by atoms with Crippen LogP contribution in [0.1, 0.15) is 0 Å². The van der Waals surface area contributed by atoms with Crippen LogP contribution in [0.25, 0.3) is 21.5 Å². The molecule has 4 aromatic rings. The number of methoxy groups -OCH3 is 3. The molecule has 26 heavy (non-hydrogen) atoms. The molecule has 132 valence electrons. The van der Waals surface area contributed by atoms with Gasteiger partial charge in [0.25, 0.3) is 0 Å². The number of benzene rings is 4. The van der Waals surface area contributed by atoms with Gasteiger partial charge in [-0.3, -0.25) is 0 Å². The van der Waals surface area contributed by atoms with Gasteiger partial charge in [-0.2, -0.15) is 0 Å². The van der Waals surface area contributed by atoms with Crippen molar-refractivity contribution in [3.63, 3.8) is 0 Å². The zero-order chi connectivity index (χ0) is 18.4. The van der Waals surface area contributed by atoms with Gasteiger partial charge in [0.1, 0.15) is 17.2 Å². The molecule has 0 unspecified atom stereocenters. The van der Waals surface area contributed by atoms with Gasteiger partial charge in [-0.1, -0.05) is 54.6 Å². The number of ether oxygens (including phenoxy) is 3. The highest BCUT2D eigenvalue weighted by Crippen LogP contribution is 2.32. The summed E-state index contributed by atoms with van der Waals surface area (Å²) in [7, 11) is 5.03. The maximum Gasteiger partial charge on any atom is 0.126 e. The van der Waals surface area contributed by atoms with Gasteiger partial charge in [-0.05, 0) is 35.0 Å². The average Bonchev–Trinajstić information content (AvgIpc) is 2.73. The van der Waals surface area contributed by atoms with Crippen molar-refractivity contribution < 1.29 is 14.2 Å². The molecule has 3 nitrogen and oxygen atoms in total. The smallest absolute Gasteiger partial charge is 0.126 e. The first-order valence-corrected chi connectivity index (χ1v) is 8.39. The van der Waals surface area contributed by atoms with E-state index in [1.54, 1.807) is 21.3 Å². The molecule has 0 aromatic heterocycles. The lowest BCUT2D eigenvalue weighted by Crippen LogP contribution is -1.88. The van der Waals surface area contributed by atoms with Crippen molar-refractivity contribution in [3.8, 4) is 17.2 Å². The third-order valence-corrected chi connectivity index (χ3v) is 4.24. The monoisotopic (exact) mass is 346 g/mol. The molecule has 0 aliphatic heterocycles. The lowest BCUT2D eigenvalue weighted by atomic mass is 10.1. The quantitative estimate of drug-likeness (QED) is 0.476. The van der Waals surface area contributed by atoms with E-state index >= 15 is 0 Å². The Hall–Kier alpha value is -3.20. The van der Waals surface area contributed by atoms with Crippen LogP contribution < -0.4 is 14.2 Å². The Labute approximate surface area is 153 Å². The van der Waals surface area contributed by atoms with Gasteiger partial charge < -0.3 is 14.2 Å². The number of rotatable bonds is 3. The molecule has 0 spiro atoms. The summed E-state index contributed by atoms with van der Waals surface area (Å²) in [5.74, 6) is 2.66. The number of hydrogen-bond acceptors (Lipinski definition) is 3. The zero-order valence-corrected chi connectivity index (χ0v) is 15.2. The molecule has 0 radical (unpaired) electrons. The molecule has 0 bridgehead atoms. The third kappa shape index (κ3) is 3.72. The Morgan fingerprint density at radius 3 is 1.58 bits per heavy atom. The van der Waals surface area contributed by atoms with Gasteiger partial charge in [0.15, 0.2) is 0 Å². The van der Waals surface area contributed by atoms with Crippen LogP contribution in [-0.4, -0.2) is 21.3 Å². The van der Waals surface area contributed by atoms with Gasteiger partial charge in [0.05, 0.1) is 21.3 Å². The van der Waals surface area contributed by atoms with Crippen molar-refractivity contribution in [2.75, 3.05) is 21.3 Å². The summed E-state index contributed by atoms with van der Waals surface area (Å²) < 4.78 is 15.7. The Morgan fingerprint density at radius 1 is 0.500 bits per heavy atom. The molecule has 0 amide bonds. The summed E-state index contributed by atoms with van der Waals surface area (Å²) in [6, 6.07) is 26.2. The van der Waals surface area contributed by atoms with Crippen LogP contribution >= 0.6 is 0 Å². The topological polar surface area (TPSA) is 27.7 Å². The standard InChI is InChI=1S/C12H12O2.C11H10O/c1-13-11-7-8-12(14-2)10-6-4-3-5-9(10)11;1-12-11-7-6-9-4-2-3-5-10(9)8-11/h3-8H,1-2H3;2-8H,1H3. The molecule has 4 aromatic carbocycles. The molecule has 0 atom stereocenters. The molecular weight excluding hydrogens is 324 g/mol. The van der Waals surface area contributed by atoms with E-state index in [9.17, 15) is 0 Å². The summed E-state index contributed by atoms with van der Waals surface area (Å²) in [6.45, 7) is 0. The fraction of sp³-hybridized carbons (Fsp3) is 0.130. The first kappa shape index (κ1) is 17.6. The highest BCUT2D eigenvalue weighted by Gasteiger charge is 2.04. The molecule has 0 saturated carbocycles. The van der Waals surface area contributed by atoms with Gasteiger partial charge in [0.2, 0.25) is 0 Å². The van der Waals surface area contributed by atoms with Crippen LogP contribution in [0.3, 0.4) is 0 Å². The Balaban J connectivity index is 0.000000152. The van der Waals surface area contributed by atoms with E-state index < -0.39 is 0 Å². The first-order valence-electron chi connectivity index (χ1n) is 8.39. The van der Waals surface area contributed by atoms with Crippen molar-refractivity contribution in [2.45, 2.75) is 0 Å². The Kier molecular flexibility index (Phi) is 5.59. The Morgan fingerprint density at radius 2 is 1.04 bits per heavy atom. The first-order chi connectivity index (χ1) is 12.8. The van der Waals surface area contributed by atoms with Crippen molar-refractivity contribution in [1.29, 1.82) is 0 Å². The van der Waals surface area contributed by atoms with E-state index in [1.165, 1.54) is 10.8 Å². The van der Waals surface area contributed by atoms with E-state index in [4.69, 9.17) is 14.2 Å². The van der Waals surface area contributed by atoms with Crippen molar-refractivity contribution in [1.82, 2.24) is 0 Å². The van der Waals surface area contributed by atoms with Crippen molar-refractivity contribution in [2.24, 2.45) is 0 Å². The molecule has 3 heteroatoms. The van der Waals surface area contributed by atoms with Crippen molar-refractivity contribution >= 4 is 21.5 Å². The van der Waals surface area contributed by atoms with Crippen LogP contribution in [0.15, 0.2) is 78.9 Å². The molecule has 0 aliphatic carbocycles. The lowest BCUT2D eigenvalue weighted by molar-refractivity contribution is 0.410. The molecule has 0 saturated heterocycles. The van der Waals surface area contributed by atoms with Crippen molar-refractivity contribution in [3.05, 3.63) is 78.9 Å². The Bertz CT molecular complexity index is 966. The molecule has 0 N–H and O–H groups in total. The molecule has 0 aliphatic rings. The SMILES string of the molecule is COc1ccc(OC)c2ccccc12.COc1ccc2ccccc2c1. The van der Waals surface area contributed by atoms with E-state index in [2.05, 4.69) is 18.2 Å². The minimum Gasteiger partial charge on any atom is -0.497 e. The fourth-order valence-corrected chi connectivity index (χ4v) is 2.89. The maximum absolute atomic E-state index is 5.27. The van der Waals surface area contributed by atoms with Crippen LogP contribution in [0.5, 0.6) is 17.2 Å². The van der Waals surface area contributed by atoms with Crippen LogP contribution in [-0.2, 0) is 0 Å². The van der Waals surface area contributed by atoms with Gasteiger partial charge >= 0.3 is 0 Å². The van der Waals surface area contributed by atoms with Crippen LogP contribution in [0, 0.1) is 0 Å². The normalized spacial score (nSPS) is 10.1. The van der Waals surface area contributed by atoms with E-state index in [-0.39, 0.29) is 0 Å². The van der Waals surface area contributed by atoms with Gasteiger partial charge in [-0.25, -0.2) is 0 Å². The van der Waals surface area contributed by atoms with E-state index in [1.807, 2.05) is 60.7 Å². The van der Waals surface area contributed by atoms with Gasteiger partial charge in [0, 0.05) is 10.8 Å². The minimum absolute atomic E-state index is 0.876. The highest BCUT2D eigenvalue weighted by molar-refractivity contribution is 5.93. The maximum atomic E-state index is 5.27. The molecular formula is C23H22O3. The lowest BCUT2D eigenvalue weighted by Gasteiger charge is -2.08. The second-order valence-electron chi connectivity index (χ2n) is 5.73. The highest BCUT2D eigenvalue weighted by atomic mass is 16.5. The van der Waals surface area contributed by atoms with Crippen LogP contribution in [0.4, 0.5) is 0 Å². The number of hydrogen-bond donors (Lipinski definition) is 0. The summed E-state index contributed by atoms with van der Waals surface area (Å²) in [5.41, 5.74) is 0. The van der Waals surface area contributed by atoms with Gasteiger partial charge in [-0.15, -0.1) is 0 Å². The second-order valence-corrected chi connectivity index (χ2v) is 5.73. The summed E-state index contributed by atoms with van der Waals surface area (Å²) in [5, 5.41) is 4.62. The predicted octanol–water partition coefficient (Wildman–Crippen LogP) is 5.71. The summed E-state index contributed by atoms with van der Waals surface area (Å²) >= 11 is 0. The van der Waals surface area contributed by atoms with Crippen LogP contribution in [0.2, 0.25) is 0 Å². The fourth-order valence-electron chi connectivity index (χ4n) is 2.89.